The number of nitrogens with zero attached hydrogens (tertiary/aromatic N) is 2. The van der Waals surface area contributed by atoms with Gasteiger partial charge in [0.05, 0.1) is 17.7 Å². The van der Waals surface area contributed by atoms with Crippen LogP contribution < -0.4 is 0 Å². The normalized spacial score (nSPS) is 15.6. The van der Waals surface area contributed by atoms with Crippen molar-refractivity contribution in [1.82, 2.24) is 4.90 Å². The molecular weight excluding hydrogens is 192 g/mol. The minimum atomic E-state index is -0.395. The van der Waals surface area contributed by atoms with Crippen LogP contribution in [0.5, 0.6) is 0 Å². The summed E-state index contributed by atoms with van der Waals surface area (Å²) in [7, 11) is 0. The number of amides is 1. The summed E-state index contributed by atoms with van der Waals surface area (Å²) in [4.78, 5) is 13.3. The van der Waals surface area contributed by atoms with Crippen LogP contribution in [-0.4, -0.2) is 35.1 Å². The van der Waals surface area contributed by atoms with Crippen LogP contribution in [0.1, 0.15) is 15.9 Å². The Bertz CT molecular complexity index is 430. The van der Waals surface area contributed by atoms with Gasteiger partial charge in [0.2, 0.25) is 0 Å². The highest BCUT2D eigenvalue weighted by atomic mass is 16.3. The largest absolute Gasteiger partial charge is 0.389 e. The Morgan fingerprint density at radius 1 is 1.53 bits per heavy atom. The maximum absolute atomic E-state index is 11.7. The molecule has 0 aromatic heterocycles. The van der Waals surface area contributed by atoms with Crippen LogP contribution in [0.2, 0.25) is 0 Å². The molecule has 0 atom stereocenters. The summed E-state index contributed by atoms with van der Waals surface area (Å²) in [5, 5.41) is 17.7. The first-order valence-corrected chi connectivity index (χ1v) is 4.68. The first kappa shape index (κ1) is 9.69. The minimum absolute atomic E-state index is 0.127. The van der Waals surface area contributed by atoms with Gasteiger partial charge in [-0.3, -0.25) is 4.79 Å². The van der Waals surface area contributed by atoms with E-state index in [1.165, 1.54) is 0 Å². The molecule has 0 spiro atoms. The number of aliphatic hydroxyl groups excluding tert-OH is 1. The van der Waals surface area contributed by atoms with E-state index in [1.807, 2.05) is 6.07 Å². The fourth-order valence-electron chi connectivity index (χ4n) is 1.53. The first-order valence-electron chi connectivity index (χ1n) is 4.68. The van der Waals surface area contributed by atoms with Gasteiger partial charge in [-0.15, -0.1) is 0 Å². The second-order valence-electron chi connectivity index (χ2n) is 3.56. The Labute approximate surface area is 87.4 Å². The zero-order valence-electron chi connectivity index (χ0n) is 8.05. The number of carbonyl (C=O) groups is 1. The molecule has 76 valence electrons. The smallest absolute Gasteiger partial charge is 0.254 e. The predicted octanol–water partition coefficient (Wildman–Crippen LogP) is 0.375. The second-order valence-corrected chi connectivity index (χ2v) is 3.56. The fraction of sp³-hybridized carbons (Fsp3) is 0.273. The van der Waals surface area contributed by atoms with Gasteiger partial charge in [-0.2, -0.15) is 5.26 Å². The van der Waals surface area contributed by atoms with Gasteiger partial charge in [-0.1, -0.05) is 6.07 Å². The molecule has 0 saturated carbocycles. The molecule has 1 aromatic carbocycles. The lowest BCUT2D eigenvalue weighted by atomic mass is 10.1. The average Bonchev–Trinajstić information content (AvgIpc) is 2.24. The highest BCUT2D eigenvalue weighted by Gasteiger charge is 2.29. The molecule has 1 heterocycles. The number of hydrogen-bond acceptors (Lipinski definition) is 3. The molecular formula is C11H10N2O2. The number of nitriles is 1. The van der Waals surface area contributed by atoms with E-state index in [2.05, 4.69) is 0 Å². The van der Waals surface area contributed by atoms with Crippen molar-refractivity contribution in [1.29, 1.82) is 5.26 Å². The maximum Gasteiger partial charge on any atom is 0.254 e. The summed E-state index contributed by atoms with van der Waals surface area (Å²) in [6.45, 7) is 0.769. The topological polar surface area (TPSA) is 64.3 Å². The van der Waals surface area contributed by atoms with Crippen molar-refractivity contribution in [2.75, 3.05) is 13.1 Å². The number of benzene rings is 1. The lowest BCUT2D eigenvalue weighted by Crippen LogP contribution is -2.53. The van der Waals surface area contributed by atoms with Crippen molar-refractivity contribution >= 4 is 5.91 Å². The highest BCUT2D eigenvalue weighted by molar-refractivity contribution is 5.95. The third kappa shape index (κ3) is 1.83. The number of aliphatic hydroxyl groups is 1. The molecule has 1 aliphatic heterocycles. The van der Waals surface area contributed by atoms with Crippen LogP contribution in [0.25, 0.3) is 0 Å². The van der Waals surface area contributed by atoms with E-state index in [1.54, 1.807) is 29.2 Å². The van der Waals surface area contributed by atoms with Crippen LogP contribution in [0.4, 0.5) is 0 Å². The molecule has 1 aromatic rings. The van der Waals surface area contributed by atoms with Gasteiger partial charge in [-0.05, 0) is 18.2 Å². The summed E-state index contributed by atoms with van der Waals surface area (Å²) in [6, 6.07) is 8.56. The van der Waals surface area contributed by atoms with Crippen LogP contribution in [0.3, 0.4) is 0 Å². The van der Waals surface area contributed by atoms with Crippen LogP contribution in [0, 0.1) is 11.3 Å². The SMILES string of the molecule is N#Cc1cccc(C(=O)N2CC(O)C2)c1. The number of likely N-dealkylation sites (tertiary alicyclic amines) is 1. The molecule has 15 heavy (non-hydrogen) atoms. The predicted molar refractivity (Wildman–Crippen MR) is 53.1 cm³/mol. The molecule has 4 heteroatoms. The van der Waals surface area contributed by atoms with Gasteiger partial charge in [0, 0.05) is 18.7 Å². The van der Waals surface area contributed by atoms with E-state index in [9.17, 15) is 4.79 Å². The Kier molecular flexibility index (Phi) is 2.40. The van der Waals surface area contributed by atoms with E-state index < -0.39 is 6.10 Å². The van der Waals surface area contributed by atoms with Gasteiger partial charge in [0.25, 0.3) is 5.91 Å². The summed E-state index contributed by atoms with van der Waals surface area (Å²) in [6.07, 6.45) is -0.395. The fourth-order valence-corrected chi connectivity index (χ4v) is 1.53. The summed E-state index contributed by atoms with van der Waals surface area (Å²) in [5.41, 5.74) is 0.975. The Morgan fingerprint density at radius 2 is 2.27 bits per heavy atom. The van der Waals surface area contributed by atoms with Crippen molar-refractivity contribution in [2.45, 2.75) is 6.10 Å². The minimum Gasteiger partial charge on any atom is -0.389 e. The van der Waals surface area contributed by atoms with Gasteiger partial charge in [0.1, 0.15) is 0 Å². The number of carbonyl (C=O) groups excluding carboxylic acids is 1. The van der Waals surface area contributed by atoms with E-state index in [0.717, 1.165) is 0 Å². The summed E-state index contributed by atoms with van der Waals surface area (Å²) >= 11 is 0. The van der Waals surface area contributed by atoms with Crippen molar-refractivity contribution < 1.29 is 9.90 Å². The molecule has 1 aliphatic rings. The quantitative estimate of drug-likeness (QED) is 0.715. The van der Waals surface area contributed by atoms with Gasteiger partial charge in [-0.25, -0.2) is 0 Å². The molecule has 1 amide bonds. The Hall–Kier alpha value is -1.86. The van der Waals surface area contributed by atoms with Crippen molar-refractivity contribution in [3.63, 3.8) is 0 Å². The molecule has 2 rings (SSSR count). The molecule has 1 saturated heterocycles. The number of β-amino-alcohol motifs (C(OH)–C–C–N with tert-alkyl or cyclic N) is 1. The van der Waals surface area contributed by atoms with Crippen LogP contribution in [0.15, 0.2) is 24.3 Å². The van der Waals surface area contributed by atoms with Gasteiger partial charge >= 0.3 is 0 Å². The molecule has 0 unspecified atom stereocenters. The summed E-state index contributed by atoms with van der Waals surface area (Å²) < 4.78 is 0. The summed E-state index contributed by atoms with van der Waals surface area (Å²) in [5.74, 6) is -0.127. The number of hydrogen-bond donors (Lipinski definition) is 1. The average molecular weight is 202 g/mol. The van der Waals surface area contributed by atoms with E-state index >= 15 is 0 Å². The van der Waals surface area contributed by atoms with Gasteiger partial charge in [0.15, 0.2) is 0 Å². The Balaban J connectivity index is 2.16. The number of rotatable bonds is 1. The third-order valence-electron chi connectivity index (χ3n) is 2.39. The van der Waals surface area contributed by atoms with E-state index in [-0.39, 0.29) is 5.91 Å². The zero-order valence-corrected chi connectivity index (χ0v) is 8.05. The highest BCUT2D eigenvalue weighted by Crippen LogP contribution is 2.14. The molecule has 0 aliphatic carbocycles. The molecule has 1 N–H and O–H groups in total. The molecule has 0 radical (unpaired) electrons. The second kappa shape index (κ2) is 3.71. The zero-order chi connectivity index (χ0) is 10.8. The molecule has 4 nitrogen and oxygen atoms in total. The third-order valence-corrected chi connectivity index (χ3v) is 2.39. The lowest BCUT2D eigenvalue weighted by molar-refractivity contribution is 0.00589. The molecule has 0 bridgehead atoms. The van der Waals surface area contributed by atoms with E-state index in [4.69, 9.17) is 10.4 Å². The van der Waals surface area contributed by atoms with E-state index in [0.29, 0.717) is 24.2 Å². The molecule has 1 fully saturated rings. The Morgan fingerprint density at radius 3 is 2.87 bits per heavy atom. The maximum atomic E-state index is 11.7. The standard InChI is InChI=1S/C11H10N2O2/c12-5-8-2-1-3-9(4-8)11(15)13-6-10(14)7-13/h1-4,10,14H,6-7H2. The first-order chi connectivity index (χ1) is 7.20. The monoisotopic (exact) mass is 202 g/mol. The van der Waals surface area contributed by atoms with Gasteiger partial charge < -0.3 is 10.0 Å². The van der Waals surface area contributed by atoms with Crippen LogP contribution >= 0.6 is 0 Å². The van der Waals surface area contributed by atoms with Crippen LogP contribution in [-0.2, 0) is 0 Å². The van der Waals surface area contributed by atoms with Crippen molar-refractivity contribution in [3.8, 4) is 6.07 Å². The van der Waals surface area contributed by atoms with Crippen molar-refractivity contribution in [3.05, 3.63) is 35.4 Å². The lowest BCUT2D eigenvalue weighted by Gasteiger charge is -2.35. The van der Waals surface area contributed by atoms with Crippen molar-refractivity contribution in [2.24, 2.45) is 0 Å².